The molecule has 118 valence electrons. The summed E-state index contributed by atoms with van der Waals surface area (Å²) in [5.74, 6) is 1.10. The molecular weight excluding hydrogens is 272 g/mol. The fourth-order valence-electron chi connectivity index (χ4n) is 2.75. The van der Waals surface area contributed by atoms with Crippen LogP contribution in [-0.2, 0) is 4.79 Å². The molecule has 3 heteroatoms. The normalized spacial score (nSPS) is 21.2. The van der Waals surface area contributed by atoms with E-state index in [4.69, 9.17) is 0 Å². The van der Waals surface area contributed by atoms with Crippen LogP contribution in [-0.4, -0.2) is 10.8 Å². The molecular formula is C19H26N2O. The van der Waals surface area contributed by atoms with E-state index in [1.165, 1.54) is 32.1 Å². The number of hydrogen-bond acceptors (Lipinski definition) is 3. The molecule has 1 saturated carbocycles. The first-order chi connectivity index (χ1) is 10.7. The van der Waals surface area contributed by atoms with Gasteiger partial charge in [0, 0.05) is 18.0 Å². The van der Waals surface area contributed by atoms with Crippen molar-refractivity contribution in [2.75, 3.05) is 0 Å². The third kappa shape index (κ3) is 5.14. The Morgan fingerprint density at radius 1 is 1.23 bits per heavy atom. The summed E-state index contributed by atoms with van der Waals surface area (Å²) in [5, 5.41) is 3.13. The Hall–Kier alpha value is -1.90. The van der Waals surface area contributed by atoms with Crippen LogP contribution in [0.3, 0.4) is 0 Å². The summed E-state index contributed by atoms with van der Waals surface area (Å²) < 4.78 is 0. The number of dihydropyridines is 1. The number of Topliss-reactive ketones (excluding diaryl/α,β-unsaturated/α-hetero) is 1. The van der Waals surface area contributed by atoms with Crippen molar-refractivity contribution >= 4 is 5.78 Å². The van der Waals surface area contributed by atoms with Gasteiger partial charge in [0.25, 0.3) is 0 Å². The maximum absolute atomic E-state index is 11.1. The first-order valence-corrected chi connectivity index (χ1v) is 8.23. The fraction of sp³-hybridized carbons (Fsp3) is 0.474. The summed E-state index contributed by atoms with van der Waals surface area (Å²) in [5.41, 5.74) is 1.65. The van der Waals surface area contributed by atoms with Gasteiger partial charge in [-0.15, -0.1) is 0 Å². The van der Waals surface area contributed by atoms with Crippen LogP contribution in [0.2, 0.25) is 0 Å². The van der Waals surface area contributed by atoms with Gasteiger partial charge in [0.15, 0.2) is 5.78 Å². The summed E-state index contributed by atoms with van der Waals surface area (Å²) in [6.45, 7) is 3.91. The Bertz CT molecular complexity index is 528. The summed E-state index contributed by atoms with van der Waals surface area (Å²) >= 11 is 0. The van der Waals surface area contributed by atoms with Gasteiger partial charge in [-0.25, -0.2) is 0 Å². The molecule has 0 amide bonds. The van der Waals surface area contributed by atoms with Crippen molar-refractivity contribution in [1.29, 1.82) is 0 Å². The number of rotatable bonds is 2. The van der Waals surface area contributed by atoms with Gasteiger partial charge >= 0.3 is 0 Å². The molecule has 1 unspecified atom stereocenters. The van der Waals surface area contributed by atoms with E-state index in [-0.39, 0.29) is 11.8 Å². The van der Waals surface area contributed by atoms with Crippen LogP contribution in [0.15, 0.2) is 48.3 Å². The van der Waals surface area contributed by atoms with Crippen molar-refractivity contribution in [2.24, 2.45) is 5.92 Å². The Kier molecular flexibility index (Phi) is 6.38. The van der Waals surface area contributed by atoms with E-state index in [0.29, 0.717) is 5.57 Å². The van der Waals surface area contributed by atoms with E-state index in [1.54, 1.807) is 19.3 Å². The molecule has 3 nitrogen and oxygen atoms in total. The van der Waals surface area contributed by atoms with Gasteiger partial charge in [-0.2, -0.15) is 0 Å². The number of nitrogens with zero attached hydrogens (tertiary/aromatic N) is 1. The second kappa shape index (κ2) is 8.52. The Labute approximate surface area is 133 Å². The number of allylic oxidation sites excluding steroid dienone is 2. The van der Waals surface area contributed by atoms with Crippen molar-refractivity contribution in [2.45, 2.75) is 52.0 Å². The van der Waals surface area contributed by atoms with Crippen LogP contribution in [0.25, 0.3) is 0 Å². The van der Waals surface area contributed by atoms with Crippen molar-refractivity contribution in [3.63, 3.8) is 0 Å². The second-order valence-corrected chi connectivity index (χ2v) is 6.16. The number of ketones is 1. The maximum atomic E-state index is 11.1. The van der Waals surface area contributed by atoms with Gasteiger partial charge in [0.1, 0.15) is 0 Å². The lowest BCUT2D eigenvalue weighted by atomic mass is 9.91. The fourth-order valence-corrected chi connectivity index (χ4v) is 2.75. The number of hydrogen-bond donors (Lipinski definition) is 1. The molecule has 1 aliphatic carbocycles. The minimum Gasteiger partial charge on any atom is -0.379 e. The van der Waals surface area contributed by atoms with Crippen LogP contribution >= 0.6 is 0 Å². The average Bonchev–Trinajstić information content (AvgIpc) is 2.57. The smallest absolute Gasteiger partial charge is 0.161 e. The van der Waals surface area contributed by atoms with Gasteiger partial charge in [-0.05, 0) is 25.0 Å². The second-order valence-electron chi connectivity index (χ2n) is 6.16. The predicted molar refractivity (Wildman–Crippen MR) is 90.3 cm³/mol. The molecule has 22 heavy (non-hydrogen) atoms. The van der Waals surface area contributed by atoms with Gasteiger partial charge in [-0.3, -0.25) is 9.78 Å². The maximum Gasteiger partial charge on any atom is 0.161 e. The zero-order valence-corrected chi connectivity index (χ0v) is 13.6. The van der Waals surface area contributed by atoms with Crippen molar-refractivity contribution in [1.82, 2.24) is 10.3 Å². The summed E-state index contributed by atoms with van der Waals surface area (Å²) in [6.07, 6.45) is 14.7. The molecule has 0 saturated heterocycles. The molecule has 1 aromatic heterocycles. The van der Waals surface area contributed by atoms with Crippen molar-refractivity contribution in [3.05, 3.63) is 54.0 Å². The Morgan fingerprint density at radius 3 is 2.45 bits per heavy atom. The SMILES string of the molecule is CC(=O)C1=CNC(c2ccccn2)C=C1.CC1CCCCC1. The van der Waals surface area contributed by atoms with Crippen LogP contribution in [0.1, 0.15) is 57.7 Å². The minimum absolute atomic E-state index is 0.0642. The van der Waals surface area contributed by atoms with Gasteiger partial charge in [0.2, 0.25) is 0 Å². The zero-order chi connectivity index (χ0) is 15.8. The Balaban J connectivity index is 0.000000211. The molecule has 1 atom stereocenters. The molecule has 1 N–H and O–H groups in total. The van der Waals surface area contributed by atoms with Crippen LogP contribution in [0, 0.1) is 5.92 Å². The number of carbonyl (C=O) groups excluding carboxylic acids is 1. The lowest BCUT2D eigenvalue weighted by molar-refractivity contribution is -0.113. The Morgan fingerprint density at radius 2 is 2.00 bits per heavy atom. The van der Waals surface area contributed by atoms with E-state index in [2.05, 4.69) is 17.2 Å². The first-order valence-electron chi connectivity index (χ1n) is 8.23. The molecule has 3 rings (SSSR count). The molecule has 2 aliphatic rings. The highest BCUT2D eigenvalue weighted by atomic mass is 16.1. The largest absolute Gasteiger partial charge is 0.379 e. The highest BCUT2D eigenvalue weighted by molar-refractivity contribution is 5.96. The highest BCUT2D eigenvalue weighted by Gasteiger charge is 2.12. The standard InChI is InChI=1S/C12H12N2O.C7H14/c1-9(15)10-5-6-12(14-8-10)11-4-2-3-7-13-11;1-7-5-3-2-4-6-7/h2-8,12,14H,1H3;7H,2-6H2,1H3. The van der Waals surface area contributed by atoms with Gasteiger partial charge in [0.05, 0.1) is 11.7 Å². The van der Waals surface area contributed by atoms with E-state index in [9.17, 15) is 4.79 Å². The van der Waals surface area contributed by atoms with E-state index in [1.807, 2.05) is 30.4 Å². The molecule has 0 bridgehead atoms. The van der Waals surface area contributed by atoms with Crippen LogP contribution in [0.4, 0.5) is 0 Å². The van der Waals surface area contributed by atoms with Crippen LogP contribution < -0.4 is 5.32 Å². The summed E-state index contributed by atoms with van der Waals surface area (Å²) in [7, 11) is 0. The monoisotopic (exact) mass is 298 g/mol. The summed E-state index contributed by atoms with van der Waals surface area (Å²) in [6, 6.07) is 5.85. The quantitative estimate of drug-likeness (QED) is 0.883. The lowest BCUT2D eigenvalue weighted by Gasteiger charge is -2.17. The van der Waals surface area contributed by atoms with E-state index < -0.39 is 0 Å². The molecule has 1 aromatic rings. The minimum atomic E-state index is 0.0642. The average molecular weight is 298 g/mol. The van der Waals surface area contributed by atoms with Crippen molar-refractivity contribution < 1.29 is 4.79 Å². The molecule has 0 radical (unpaired) electrons. The van der Waals surface area contributed by atoms with Gasteiger partial charge < -0.3 is 5.32 Å². The molecule has 1 fully saturated rings. The van der Waals surface area contributed by atoms with Crippen molar-refractivity contribution in [3.8, 4) is 0 Å². The number of pyridine rings is 1. The number of aromatic nitrogens is 1. The van der Waals surface area contributed by atoms with E-state index >= 15 is 0 Å². The molecule has 0 spiro atoms. The third-order valence-corrected chi connectivity index (χ3v) is 4.19. The zero-order valence-electron chi connectivity index (χ0n) is 13.6. The predicted octanol–water partition coefficient (Wildman–Crippen LogP) is 4.34. The third-order valence-electron chi connectivity index (χ3n) is 4.19. The molecule has 0 aromatic carbocycles. The van der Waals surface area contributed by atoms with E-state index in [0.717, 1.165) is 11.6 Å². The first kappa shape index (κ1) is 16.5. The highest BCUT2D eigenvalue weighted by Crippen LogP contribution is 2.22. The van der Waals surface area contributed by atoms with Gasteiger partial charge in [-0.1, -0.05) is 57.2 Å². The summed E-state index contributed by atoms with van der Waals surface area (Å²) in [4.78, 5) is 15.3. The van der Waals surface area contributed by atoms with Crippen LogP contribution in [0.5, 0.6) is 0 Å². The number of nitrogens with one attached hydrogen (secondary N) is 1. The number of carbonyl (C=O) groups is 1. The lowest BCUT2D eigenvalue weighted by Crippen LogP contribution is -2.19. The molecule has 1 aliphatic heterocycles. The molecule has 2 heterocycles. The topological polar surface area (TPSA) is 42.0 Å².